The Morgan fingerprint density at radius 1 is 0.314 bits per heavy atom. The lowest BCUT2D eigenvalue weighted by molar-refractivity contribution is 0.325. The van der Waals surface area contributed by atoms with Crippen LogP contribution in [0.1, 0.15) is 50.5 Å². The molecule has 0 radical (unpaired) electrons. The Balaban J connectivity index is 1.58. The molecule has 0 aliphatic carbocycles. The average molecular weight is 971 g/mol. The minimum absolute atomic E-state index is 0.0393. The molecule has 18 heteroatoms. The van der Waals surface area contributed by atoms with Gasteiger partial charge < -0.3 is 28.9 Å². The summed E-state index contributed by atoms with van der Waals surface area (Å²) >= 11 is 0. The molecule has 4 aromatic carbocycles. The maximum absolute atomic E-state index is 16.2. The van der Waals surface area contributed by atoms with Crippen molar-refractivity contribution in [2.75, 3.05) is 26.4 Å². The van der Waals surface area contributed by atoms with E-state index in [4.69, 9.17) is 28.9 Å². The van der Waals surface area contributed by atoms with Gasteiger partial charge in [-0.1, -0.05) is 12.1 Å². The van der Waals surface area contributed by atoms with Crippen molar-refractivity contribution in [1.82, 2.24) is 19.9 Å². The highest BCUT2D eigenvalue weighted by atomic mass is 19.2. The molecular formula is C52H36F10N4O4. The molecule has 0 unspecified atom stereocenters. The fourth-order valence-electron chi connectivity index (χ4n) is 8.52. The summed E-state index contributed by atoms with van der Waals surface area (Å²) in [7, 11) is 0. The van der Waals surface area contributed by atoms with E-state index in [9.17, 15) is 8.78 Å². The molecule has 0 fully saturated rings. The molecule has 0 saturated carbocycles. The van der Waals surface area contributed by atoms with Gasteiger partial charge >= 0.3 is 0 Å². The molecule has 2 N–H and O–H groups in total. The number of nitrogens with zero attached hydrogens (tertiary/aromatic N) is 2. The minimum atomic E-state index is -2.39. The predicted molar refractivity (Wildman–Crippen MR) is 245 cm³/mol. The number of nitrogens with one attached hydrogen (secondary N) is 2. The zero-order chi connectivity index (χ0) is 49.7. The normalized spacial score (nSPS) is 12.0. The van der Waals surface area contributed by atoms with Crippen molar-refractivity contribution in [3.63, 3.8) is 0 Å². The van der Waals surface area contributed by atoms with Crippen LogP contribution < -0.4 is 18.9 Å². The lowest BCUT2D eigenvalue weighted by Crippen LogP contribution is -2.05. The van der Waals surface area contributed by atoms with Crippen LogP contribution in [0.5, 0.6) is 23.0 Å². The first kappa shape index (κ1) is 47.1. The number of benzene rings is 4. The molecule has 5 heterocycles. The highest BCUT2D eigenvalue weighted by Crippen LogP contribution is 2.47. The van der Waals surface area contributed by atoms with Crippen molar-refractivity contribution in [3.8, 4) is 67.5 Å². The van der Waals surface area contributed by atoms with E-state index >= 15 is 35.1 Å². The van der Waals surface area contributed by atoms with E-state index in [-0.39, 0.29) is 117 Å². The Bertz CT molecular complexity index is 3190. The minimum Gasteiger partial charge on any atom is -0.493 e. The third kappa shape index (κ3) is 7.76. The molecule has 0 atom stereocenters. The van der Waals surface area contributed by atoms with Crippen molar-refractivity contribution in [2.45, 2.75) is 27.7 Å². The summed E-state index contributed by atoms with van der Waals surface area (Å²) in [6.45, 7) is 7.25. The first-order valence-electron chi connectivity index (χ1n) is 21.7. The van der Waals surface area contributed by atoms with E-state index in [1.54, 1.807) is 64.1 Å². The summed E-state index contributed by atoms with van der Waals surface area (Å²) < 4.78 is 180. The second-order valence-corrected chi connectivity index (χ2v) is 15.4. The quantitative estimate of drug-likeness (QED) is 0.0720. The number of hydrogen-bond acceptors (Lipinski definition) is 6. The maximum atomic E-state index is 16.2. The van der Waals surface area contributed by atoms with Gasteiger partial charge in [-0.25, -0.2) is 53.9 Å². The number of aromatic amines is 2. The van der Waals surface area contributed by atoms with Crippen LogP contribution >= 0.6 is 0 Å². The topological polar surface area (TPSA) is 94.3 Å². The van der Waals surface area contributed by atoms with Gasteiger partial charge in [0, 0.05) is 44.3 Å². The van der Waals surface area contributed by atoms with Crippen LogP contribution in [0.15, 0.2) is 60.7 Å². The van der Waals surface area contributed by atoms with E-state index in [2.05, 4.69) is 9.97 Å². The first-order chi connectivity index (χ1) is 33.7. The molecule has 8 nitrogen and oxygen atoms in total. The van der Waals surface area contributed by atoms with E-state index in [1.165, 1.54) is 48.6 Å². The highest BCUT2D eigenvalue weighted by molar-refractivity contribution is 6.02. The van der Waals surface area contributed by atoms with Crippen LogP contribution in [-0.2, 0) is 0 Å². The van der Waals surface area contributed by atoms with Crippen LogP contribution in [0.4, 0.5) is 43.9 Å². The van der Waals surface area contributed by atoms with Gasteiger partial charge in [0.05, 0.1) is 71.5 Å². The van der Waals surface area contributed by atoms with Crippen molar-refractivity contribution in [3.05, 3.63) is 142 Å². The zero-order valence-corrected chi connectivity index (χ0v) is 37.2. The number of hydrogen-bond donors (Lipinski definition) is 2. The summed E-state index contributed by atoms with van der Waals surface area (Å²) in [5.41, 5.74) is -4.31. The molecule has 0 spiro atoms. The number of rotatable bonds is 12. The van der Waals surface area contributed by atoms with Gasteiger partial charge in [-0.05, 0) is 101 Å². The second-order valence-electron chi connectivity index (χ2n) is 15.4. The van der Waals surface area contributed by atoms with Crippen molar-refractivity contribution < 1.29 is 62.9 Å². The van der Waals surface area contributed by atoms with E-state index in [0.29, 0.717) is 0 Å². The van der Waals surface area contributed by atoms with Gasteiger partial charge in [-0.2, -0.15) is 0 Å². The molecule has 2 aliphatic rings. The Morgan fingerprint density at radius 2 is 0.543 bits per heavy atom. The fourth-order valence-corrected chi connectivity index (χ4v) is 8.52. The Morgan fingerprint density at radius 3 is 0.786 bits per heavy atom. The third-order valence-electron chi connectivity index (χ3n) is 11.3. The monoisotopic (exact) mass is 970 g/mol. The van der Waals surface area contributed by atoms with Crippen molar-refractivity contribution >= 4 is 46.4 Å². The van der Waals surface area contributed by atoms with Gasteiger partial charge in [0.1, 0.15) is 23.0 Å². The number of aromatic nitrogens is 4. The number of H-pyrrole nitrogens is 2. The van der Waals surface area contributed by atoms with E-state index in [1.807, 2.05) is 0 Å². The van der Waals surface area contributed by atoms with Crippen LogP contribution in [0, 0.1) is 58.2 Å². The van der Waals surface area contributed by atoms with E-state index in [0.717, 1.165) is 0 Å². The Labute approximate surface area is 391 Å². The summed E-state index contributed by atoms with van der Waals surface area (Å²) in [5.74, 6) is -21.5. The molecule has 70 heavy (non-hydrogen) atoms. The predicted octanol–water partition coefficient (Wildman–Crippen LogP) is 14.3. The molecule has 0 amide bonds. The molecule has 9 rings (SSSR count). The molecule has 3 aromatic heterocycles. The van der Waals surface area contributed by atoms with Gasteiger partial charge in [0.2, 0.25) is 11.6 Å². The standard InChI is InChI=1S/C52H36F10N4O4/c1-5-67-31-11-9-12-32(68-6-2)39(31)35-23-15-19-27(63-23)37(41-43(53)47(57)51(61)48(58)44(41)54)29-21-17-25(65-29)36(40-33(69-7-3)13-10-14-34(40)70-8-4)26-18-22-30(66-26)38(28-20-16-24(35)64-28)42-45(55)49(59)52(62)50(60)46(42)56/h9-22,63,66H,5-8H2,1-4H3. The molecule has 0 saturated heterocycles. The van der Waals surface area contributed by atoms with Gasteiger partial charge in [0.15, 0.2) is 46.5 Å². The lowest BCUT2D eigenvalue weighted by atomic mass is 10.0. The maximum Gasteiger partial charge on any atom is 0.200 e. The summed E-state index contributed by atoms with van der Waals surface area (Å²) in [4.78, 5) is 15.7. The SMILES string of the molecule is CCOc1cccc(OCC)c1-c1c2nc(c(-c3c(F)c(F)c(F)c(F)c3F)c3ccc([nH]3)c(-c3c(OCC)cccc3OCC)c3nc(c(-c4c(F)c(F)c(F)c(F)c4F)c4ccc1[nH]4)C=C3)C=C2. The number of halogens is 10. The Hall–Kier alpha value is -8.02. The molecular weight excluding hydrogens is 935 g/mol. The average Bonchev–Trinajstić information content (AvgIpc) is 4.21. The summed E-state index contributed by atoms with van der Waals surface area (Å²) in [6, 6.07) is 15.0. The van der Waals surface area contributed by atoms with Gasteiger partial charge in [-0.3, -0.25) is 0 Å². The molecule has 2 aliphatic heterocycles. The van der Waals surface area contributed by atoms with E-state index < -0.39 is 80.4 Å². The highest BCUT2D eigenvalue weighted by Gasteiger charge is 2.33. The van der Waals surface area contributed by atoms with Gasteiger partial charge in [-0.15, -0.1) is 0 Å². The van der Waals surface area contributed by atoms with Crippen LogP contribution in [0.2, 0.25) is 0 Å². The van der Waals surface area contributed by atoms with Crippen molar-refractivity contribution in [1.29, 1.82) is 0 Å². The smallest absolute Gasteiger partial charge is 0.200 e. The molecule has 7 aromatic rings. The zero-order valence-electron chi connectivity index (χ0n) is 37.2. The summed E-state index contributed by atoms with van der Waals surface area (Å²) in [6.07, 6.45) is 5.30. The second kappa shape index (κ2) is 18.8. The lowest BCUT2D eigenvalue weighted by Gasteiger charge is -2.16. The Kier molecular flexibility index (Phi) is 12.7. The van der Waals surface area contributed by atoms with Gasteiger partial charge in [0.25, 0.3) is 0 Å². The van der Waals surface area contributed by atoms with Crippen LogP contribution in [0.25, 0.3) is 90.9 Å². The number of ether oxygens (including phenoxy) is 4. The fraction of sp³-hybridized carbons (Fsp3) is 0.154. The number of fused-ring (bicyclic) bond motifs is 8. The van der Waals surface area contributed by atoms with Crippen molar-refractivity contribution in [2.24, 2.45) is 0 Å². The summed E-state index contributed by atoms with van der Waals surface area (Å²) in [5, 5.41) is 0. The third-order valence-corrected chi connectivity index (χ3v) is 11.3. The molecule has 358 valence electrons. The van der Waals surface area contributed by atoms with Crippen LogP contribution in [-0.4, -0.2) is 46.4 Å². The first-order valence-corrected chi connectivity index (χ1v) is 21.7. The largest absolute Gasteiger partial charge is 0.493 e. The molecule has 8 bridgehead atoms. The van der Waals surface area contributed by atoms with Crippen LogP contribution in [0.3, 0.4) is 0 Å².